The van der Waals surface area contributed by atoms with Crippen molar-refractivity contribution in [3.05, 3.63) is 23.2 Å². The zero-order chi connectivity index (χ0) is 11.7. The van der Waals surface area contributed by atoms with Crippen LogP contribution in [0.25, 0.3) is 11.0 Å². The second-order valence-electron chi connectivity index (χ2n) is 4.03. The van der Waals surface area contributed by atoms with Gasteiger partial charge in [0.15, 0.2) is 0 Å². The Morgan fingerprint density at radius 1 is 1.44 bits per heavy atom. The van der Waals surface area contributed by atoms with Crippen LogP contribution in [0.15, 0.2) is 18.2 Å². The summed E-state index contributed by atoms with van der Waals surface area (Å²) < 4.78 is 1.96. The van der Waals surface area contributed by atoms with E-state index in [2.05, 4.69) is 9.88 Å². The first-order valence-electron chi connectivity index (χ1n) is 5.14. The molecule has 0 aliphatic carbocycles. The van der Waals surface area contributed by atoms with Crippen molar-refractivity contribution in [3.8, 4) is 0 Å². The van der Waals surface area contributed by atoms with Crippen LogP contribution in [0.2, 0.25) is 5.02 Å². The molecule has 5 heteroatoms. The van der Waals surface area contributed by atoms with E-state index in [4.69, 9.17) is 17.3 Å². The lowest BCUT2D eigenvalue weighted by atomic mass is 10.3. The van der Waals surface area contributed by atoms with Gasteiger partial charge in [-0.05, 0) is 26.2 Å². The Morgan fingerprint density at radius 2 is 2.19 bits per heavy atom. The lowest BCUT2D eigenvalue weighted by Crippen LogP contribution is -2.19. The molecule has 0 bridgehead atoms. The van der Waals surface area contributed by atoms with E-state index >= 15 is 0 Å². The lowest BCUT2D eigenvalue weighted by Gasteiger charge is -2.12. The van der Waals surface area contributed by atoms with Crippen LogP contribution in [-0.4, -0.2) is 35.1 Å². The highest BCUT2D eigenvalue weighted by Gasteiger charge is 2.10. The Labute approximate surface area is 99.6 Å². The minimum atomic E-state index is 0.518. The molecule has 1 heterocycles. The summed E-state index contributed by atoms with van der Waals surface area (Å²) in [4.78, 5) is 6.39. The number of fused-ring (bicyclic) bond motifs is 1. The van der Waals surface area contributed by atoms with Gasteiger partial charge >= 0.3 is 0 Å². The van der Waals surface area contributed by atoms with Gasteiger partial charge in [0, 0.05) is 13.1 Å². The smallest absolute Gasteiger partial charge is 0.201 e. The van der Waals surface area contributed by atoms with Crippen molar-refractivity contribution >= 4 is 28.6 Å². The fraction of sp³-hybridized carbons (Fsp3) is 0.364. The highest BCUT2D eigenvalue weighted by atomic mass is 35.5. The van der Waals surface area contributed by atoms with E-state index in [1.165, 1.54) is 0 Å². The summed E-state index contributed by atoms with van der Waals surface area (Å²) in [6, 6.07) is 5.66. The van der Waals surface area contributed by atoms with E-state index in [1.807, 2.05) is 36.9 Å². The third-order valence-electron chi connectivity index (χ3n) is 2.52. The fourth-order valence-electron chi connectivity index (χ4n) is 1.69. The van der Waals surface area contributed by atoms with Crippen LogP contribution in [-0.2, 0) is 6.54 Å². The summed E-state index contributed by atoms with van der Waals surface area (Å²) in [5, 5.41) is 0.695. The Bertz CT molecular complexity index is 504. The molecule has 86 valence electrons. The first-order chi connectivity index (χ1) is 7.59. The average Bonchev–Trinajstić information content (AvgIpc) is 2.52. The number of nitrogens with zero attached hydrogens (tertiary/aromatic N) is 3. The molecule has 2 aromatic rings. The zero-order valence-electron chi connectivity index (χ0n) is 9.44. The molecule has 16 heavy (non-hydrogen) atoms. The fourth-order valence-corrected chi connectivity index (χ4v) is 1.96. The zero-order valence-corrected chi connectivity index (χ0v) is 10.2. The van der Waals surface area contributed by atoms with Crippen molar-refractivity contribution in [2.24, 2.45) is 0 Å². The number of rotatable bonds is 3. The maximum Gasteiger partial charge on any atom is 0.201 e. The molecule has 4 nitrogen and oxygen atoms in total. The molecule has 2 rings (SSSR count). The second kappa shape index (κ2) is 4.31. The van der Waals surface area contributed by atoms with Crippen molar-refractivity contribution in [1.29, 1.82) is 0 Å². The van der Waals surface area contributed by atoms with Crippen LogP contribution in [0.4, 0.5) is 5.95 Å². The first-order valence-corrected chi connectivity index (χ1v) is 5.52. The Kier molecular flexibility index (Phi) is 3.03. The van der Waals surface area contributed by atoms with Gasteiger partial charge < -0.3 is 15.2 Å². The molecule has 0 spiro atoms. The molecule has 1 aromatic carbocycles. The quantitative estimate of drug-likeness (QED) is 0.888. The van der Waals surface area contributed by atoms with E-state index < -0.39 is 0 Å². The van der Waals surface area contributed by atoms with Gasteiger partial charge in [-0.3, -0.25) is 0 Å². The van der Waals surface area contributed by atoms with E-state index in [0.29, 0.717) is 11.0 Å². The maximum atomic E-state index is 6.16. The lowest BCUT2D eigenvalue weighted by molar-refractivity contribution is 0.387. The number of likely N-dealkylation sites (N-methyl/N-ethyl adjacent to an activating group) is 1. The molecule has 0 saturated carbocycles. The minimum absolute atomic E-state index is 0.518. The van der Waals surface area contributed by atoms with Gasteiger partial charge in [0.1, 0.15) is 0 Å². The Balaban J connectivity index is 2.46. The van der Waals surface area contributed by atoms with Gasteiger partial charge in [-0.25, -0.2) is 4.98 Å². The van der Waals surface area contributed by atoms with Gasteiger partial charge in [0.2, 0.25) is 5.95 Å². The molecule has 0 saturated heterocycles. The molecule has 0 radical (unpaired) electrons. The Morgan fingerprint density at radius 3 is 2.88 bits per heavy atom. The Hall–Kier alpha value is -1.26. The predicted octanol–water partition coefficient (Wildman–Crippen LogP) is 1.83. The van der Waals surface area contributed by atoms with Crippen molar-refractivity contribution in [2.45, 2.75) is 6.54 Å². The SMILES string of the molecule is CN(C)CCn1c(N)nc2cccc(Cl)c21. The van der Waals surface area contributed by atoms with E-state index in [9.17, 15) is 0 Å². The molecule has 0 amide bonds. The van der Waals surface area contributed by atoms with Crippen LogP contribution < -0.4 is 5.73 Å². The molecule has 0 atom stereocenters. The molecule has 0 aliphatic rings. The number of halogens is 1. The standard InChI is InChI=1S/C11H15ClN4/c1-15(2)6-7-16-10-8(12)4-3-5-9(10)14-11(16)13/h3-5H,6-7H2,1-2H3,(H2,13,14). The number of nitrogen functional groups attached to an aromatic ring is 1. The molecule has 0 fully saturated rings. The van der Waals surface area contributed by atoms with Crippen LogP contribution in [0, 0.1) is 0 Å². The van der Waals surface area contributed by atoms with Gasteiger partial charge in [0.25, 0.3) is 0 Å². The van der Waals surface area contributed by atoms with Gasteiger partial charge in [-0.2, -0.15) is 0 Å². The molecule has 0 unspecified atom stereocenters. The van der Waals surface area contributed by atoms with E-state index in [1.54, 1.807) is 0 Å². The summed E-state index contributed by atoms with van der Waals surface area (Å²) in [5.41, 5.74) is 7.65. The molecule has 2 N–H and O–H groups in total. The van der Waals surface area contributed by atoms with Crippen molar-refractivity contribution in [3.63, 3.8) is 0 Å². The summed E-state index contributed by atoms with van der Waals surface area (Å²) in [6.07, 6.45) is 0. The number of benzene rings is 1. The number of aromatic nitrogens is 2. The van der Waals surface area contributed by atoms with E-state index in [0.717, 1.165) is 24.1 Å². The molecule has 0 aliphatic heterocycles. The summed E-state index contributed by atoms with van der Waals surface area (Å²) in [5.74, 6) is 0.518. The van der Waals surface area contributed by atoms with Gasteiger partial charge in [0.05, 0.1) is 16.1 Å². The number of imidazole rings is 1. The highest BCUT2D eigenvalue weighted by Crippen LogP contribution is 2.25. The number of para-hydroxylation sites is 1. The normalized spacial score (nSPS) is 11.5. The summed E-state index contributed by atoms with van der Waals surface area (Å²) in [6.45, 7) is 1.69. The molecule has 1 aromatic heterocycles. The predicted molar refractivity (Wildman–Crippen MR) is 67.7 cm³/mol. The second-order valence-corrected chi connectivity index (χ2v) is 4.44. The molecular formula is C11H15ClN4. The topological polar surface area (TPSA) is 47.1 Å². The van der Waals surface area contributed by atoms with E-state index in [-0.39, 0.29) is 0 Å². The van der Waals surface area contributed by atoms with Crippen molar-refractivity contribution in [2.75, 3.05) is 26.4 Å². The third kappa shape index (κ3) is 1.99. The molecular weight excluding hydrogens is 224 g/mol. The minimum Gasteiger partial charge on any atom is -0.369 e. The number of hydrogen-bond donors (Lipinski definition) is 1. The third-order valence-corrected chi connectivity index (χ3v) is 2.82. The van der Waals surface area contributed by atoms with Crippen LogP contribution in [0.3, 0.4) is 0 Å². The maximum absolute atomic E-state index is 6.16. The number of anilines is 1. The average molecular weight is 239 g/mol. The largest absolute Gasteiger partial charge is 0.369 e. The summed E-state index contributed by atoms with van der Waals surface area (Å²) >= 11 is 6.16. The summed E-state index contributed by atoms with van der Waals surface area (Å²) in [7, 11) is 4.05. The van der Waals surface area contributed by atoms with Crippen LogP contribution in [0.1, 0.15) is 0 Å². The number of nitrogens with two attached hydrogens (primary N) is 1. The first kappa shape index (κ1) is 11.2. The van der Waals surface area contributed by atoms with Crippen molar-refractivity contribution in [1.82, 2.24) is 14.5 Å². The van der Waals surface area contributed by atoms with Crippen LogP contribution >= 0.6 is 11.6 Å². The highest BCUT2D eigenvalue weighted by molar-refractivity contribution is 6.35. The van der Waals surface area contributed by atoms with Gasteiger partial charge in [-0.1, -0.05) is 17.7 Å². The van der Waals surface area contributed by atoms with Crippen LogP contribution in [0.5, 0.6) is 0 Å². The monoisotopic (exact) mass is 238 g/mol. The number of hydrogen-bond acceptors (Lipinski definition) is 3. The van der Waals surface area contributed by atoms with Crippen molar-refractivity contribution < 1.29 is 0 Å². The van der Waals surface area contributed by atoms with Gasteiger partial charge in [-0.15, -0.1) is 0 Å².